The van der Waals surface area contributed by atoms with Crippen LogP contribution in [0.1, 0.15) is 63.0 Å². The second kappa shape index (κ2) is 11.8. The number of aromatic nitrogens is 2. The fourth-order valence-electron chi connectivity index (χ4n) is 4.79. The molecule has 1 fully saturated rings. The first-order valence-corrected chi connectivity index (χ1v) is 15.0. The molecule has 0 radical (unpaired) electrons. The van der Waals surface area contributed by atoms with Gasteiger partial charge in [-0.15, -0.1) is 0 Å². The third kappa shape index (κ3) is 6.64. The average Bonchev–Trinajstić information content (AvgIpc) is 2.82. The van der Waals surface area contributed by atoms with Gasteiger partial charge in [0.2, 0.25) is 10.0 Å². The molecule has 1 aliphatic rings. The summed E-state index contributed by atoms with van der Waals surface area (Å²) in [6.45, 7) is 7.25. The normalized spacial score (nSPS) is 15.2. The Bertz CT molecular complexity index is 1470. The van der Waals surface area contributed by atoms with E-state index in [1.54, 1.807) is 58.2 Å². The topological polar surface area (TPSA) is 114 Å². The van der Waals surface area contributed by atoms with Gasteiger partial charge in [-0.2, -0.15) is 0 Å². The first kappa shape index (κ1) is 30.0. The minimum atomic E-state index is -3.33. The highest BCUT2D eigenvalue weighted by Crippen LogP contribution is 2.36. The number of aryl methyl sites for hydroxylation is 1. The van der Waals surface area contributed by atoms with Crippen LogP contribution < -0.4 is 14.8 Å². The summed E-state index contributed by atoms with van der Waals surface area (Å²) in [6, 6.07) is 8.22. The van der Waals surface area contributed by atoms with Gasteiger partial charge in [0.05, 0.1) is 29.5 Å². The van der Waals surface area contributed by atoms with Crippen LogP contribution in [-0.4, -0.2) is 66.0 Å². The van der Waals surface area contributed by atoms with Crippen molar-refractivity contribution in [3.8, 4) is 11.5 Å². The second-order valence-corrected chi connectivity index (χ2v) is 13.4. The maximum Gasteiger partial charge on any atom is 0.216 e. The van der Waals surface area contributed by atoms with E-state index in [1.165, 1.54) is 11.4 Å². The van der Waals surface area contributed by atoms with E-state index in [9.17, 15) is 13.5 Å². The Morgan fingerprint density at radius 3 is 2.58 bits per heavy atom. The molecule has 1 saturated carbocycles. The van der Waals surface area contributed by atoms with Crippen LogP contribution in [-0.2, 0) is 16.4 Å². The quantitative estimate of drug-likeness (QED) is 0.318. The summed E-state index contributed by atoms with van der Waals surface area (Å²) >= 11 is 0. The van der Waals surface area contributed by atoms with Crippen LogP contribution in [0.2, 0.25) is 0 Å². The highest BCUT2D eigenvalue weighted by Gasteiger charge is 2.34. The number of hydrogen-bond acceptors (Lipinski definition) is 8. The molecule has 9 nitrogen and oxygen atoms in total. The fourth-order valence-corrected chi connectivity index (χ4v) is 6.56. The molecule has 0 spiro atoms. The lowest BCUT2D eigenvalue weighted by molar-refractivity contribution is 0.0799. The zero-order chi connectivity index (χ0) is 29.2. The summed E-state index contributed by atoms with van der Waals surface area (Å²) in [5, 5.41) is 13.9. The predicted octanol–water partition coefficient (Wildman–Crippen LogP) is 4.77. The molecule has 1 atom stereocenters. The summed E-state index contributed by atoms with van der Waals surface area (Å²) in [5.41, 5.74) is 0.466. The van der Waals surface area contributed by atoms with Crippen molar-refractivity contribution >= 4 is 26.7 Å². The van der Waals surface area contributed by atoms with Gasteiger partial charge >= 0.3 is 0 Å². The van der Waals surface area contributed by atoms with Gasteiger partial charge in [-0.25, -0.2) is 27.1 Å². The maximum absolute atomic E-state index is 15.4. The molecule has 0 amide bonds. The number of nitrogens with one attached hydrogen (secondary N) is 1. The van der Waals surface area contributed by atoms with E-state index < -0.39 is 21.7 Å². The zero-order valence-electron chi connectivity index (χ0n) is 24.0. The Morgan fingerprint density at radius 2 is 1.95 bits per heavy atom. The predicted molar refractivity (Wildman–Crippen MR) is 154 cm³/mol. The van der Waals surface area contributed by atoms with E-state index in [0.29, 0.717) is 58.0 Å². The van der Waals surface area contributed by atoms with Crippen molar-refractivity contribution < 1.29 is 27.4 Å². The van der Waals surface area contributed by atoms with Gasteiger partial charge in [0, 0.05) is 37.0 Å². The standard InChI is InChI=1S/C29H39FN4O5S/c1-18(22-12-7-9-20(27(22)30)17-29(3,4)35)31-28-23-15-26(25(38-6)16-24(23)32-19(2)33-28)39-14-13-34(5)40(36,37)21-10-8-11-21/h7,9,12,15-16,18,21,35H,8,10-11,13-14,17H2,1-6H3,(H,31,32,33)/t18-/m1/s1. The minimum absolute atomic E-state index is 0.134. The van der Waals surface area contributed by atoms with Gasteiger partial charge in [-0.05, 0) is 52.2 Å². The first-order valence-electron chi connectivity index (χ1n) is 13.5. The molecule has 3 aromatic rings. The van der Waals surface area contributed by atoms with Crippen LogP contribution in [0.3, 0.4) is 0 Å². The summed E-state index contributed by atoms with van der Waals surface area (Å²) in [5.74, 6) is 1.54. The number of benzene rings is 2. The number of aliphatic hydroxyl groups is 1. The van der Waals surface area contributed by atoms with Crippen molar-refractivity contribution in [3.63, 3.8) is 0 Å². The Kier molecular flexibility index (Phi) is 8.86. The van der Waals surface area contributed by atoms with Crippen LogP contribution in [0.4, 0.5) is 10.2 Å². The molecule has 2 aromatic carbocycles. The first-order chi connectivity index (χ1) is 18.8. The number of nitrogens with zero attached hydrogens (tertiary/aromatic N) is 3. The lowest BCUT2D eigenvalue weighted by atomic mass is 9.95. The molecule has 11 heteroatoms. The van der Waals surface area contributed by atoms with Gasteiger partial charge in [0.15, 0.2) is 11.5 Å². The molecule has 0 unspecified atom stereocenters. The van der Waals surface area contributed by atoms with Gasteiger partial charge in [-0.3, -0.25) is 0 Å². The number of fused-ring (bicyclic) bond motifs is 1. The Morgan fingerprint density at radius 1 is 1.23 bits per heavy atom. The van der Waals surface area contributed by atoms with E-state index >= 15 is 4.39 Å². The summed E-state index contributed by atoms with van der Waals surface area (Å²) in [7, 11) is -0.226. The number of anilines is 1. The molecule has 1 heterocycles. The number of sulfonamides is 1. The molecule has 218 valence electrons. The third-order valence-corrected chi connectivity index (χ3v) is 9.58. The number of likely N-dealkylation sites (N-methyl/N-ethyl adjacent to an activating group) is 1. The smallest absolute Gasteiger partial charge is 0.216 e. The number of halogens is 1. The van der Waals surface area contributed by atoms with E-state index in [4.69, 9.17) is 9.47 Å². The van der Waals surface area contributed by atoms with Crippen LogP contribution in [0, 0.1) is 12.7 Å². The van der Waals surface area contributed by atoms with Crippen LogP contribution in [0.25, 0.3) is 10.9 Å². The lowest BCUT2D eigenvalue weighted by Gasteiger charge is -2.29. The SMILES string of the molecule is COc1cc2nc(C)nc(N[C@H](C)c3cccc(CC(C)(C)O)c3F)c2cc1OCCN(C)S(=O)(=O)C1CCC1. The van der Waals surface area contributed by atoms with Gasteiger partial charge in [0.25, 0.3) is 0 Å². The molecule has 4 rings (SSSR count). The summed E-state index contributed by atoms with van der Waals surface area (Å²) < 4.78 is 53.6. The van der Waals surface area contributed by atoms with Crippen molar-refractivity contribution in [3.05, 3.63) is 53.1 Å². The van der Waals surface area contributed by atoms with E-state index in [-0.39, 0.29) is 30.6 Å². The molecule has 1 aliphatic carbocycles. The number of hydrogen-bond donors (Lipinski definition) is 2. The van der Waals surface area contributed by atoms with Crippen LogP contribution in [0.15, 0.2) is 30.3 Å². The second-order valence-electron chi connectivity index (χ2n) is 11.1. The highest BCUT2D eigenvalue weighted by atomic mass is 32.2. The lowest BCUT2D eigenvalue weighted by Crippen LogP contribution is -2.41. The summed E-state index contributed by atoms with van der Waals surface area (Å²) in [4.78, 5) is 9.12. The molecular formula is C29H39FN4O5S. The molecule has 1 aromatic heterocycles. The van der Waals surface area contributed by atoms with Crippen molar-refractivity contribution in [2.75, 3.05) is 32.6 Å². The maximum atomic E-state index is 15.4. The van der Waals surface area contributed by atoms with Crippen molar-refractivity contribution in [1.82, 2.24) is 14.3 Å². The number of methoxy groups -OCH3 is 1. The molecule has 0 aliphatic heterocycles. The van der Waals surface area contributed by atoms with Gasteiger partial charge < -0.3 is 19.9 Å². The van der Waals surface area contributed by atoms with E-state index in [0.717, 1.165) is 6.42 Å². The van der Waals surface area contributed by atoms with E-state index in [2.05, 4.69) is 15.3 Å². The van der Waals surface area contributed by atoms with Gasteiger partial charge in [0.1, 0.15) is 24.1 Å². The molecular weight excluding hydrogens is 535 g/mol. The zero-order valence-corrected chi connectivity index (χ0v) is 24.8. The Balaban J connectivity index is 1.58. The average molecular weight is 575 g/mol. The molecule has 40 heavy (non-hydrogen) atoms. The Labute approximate surface area is 235 Å². The van der Waals surface area contributed by atoms with Crippen molar-refractivity contribution in [2.45, 2.75) is 70.3 Å². The minimum Gasteiger partial charge on any atom is -0.493 e. The van der Waals surface area contributed by atoms with Crippen molar-refractivity contribution in [2.24, 2.45) is 0 Å². The Hall–Kier alpha value is -3.02. The van der Waals surface area contributed by atoms with Gasteiger partial charge in [-0.1, -0.05) is 24.6 Å². The number of rotatable bonds is 12. The third-order valence-electron chi connectivity index (χ3n) is 7.22. The summed E-state index contributed by atoms with van der Waals surface area (Å²) in [6.07, 6.45) is 2.53. The molecule has 0 saturated heterocycles. The van der Waals surface area contributed by atoms with E-state index in [1.807, 2.05) is 6.92 Å². The largest absolute Gasteiger partial charge is 0.493 e. The van der Waals surface area contributed by atoms with Crippen molar-refractivity contribution in [1.29, 1.82) is 0 Å². The molecule has 2 N–H and O–H groups in total. The highest BCUT2D eigenvalue weighted by molar-refractivity contribution is 7.89. The molecule has 0 bridgehead atoms. The van der Waals surface area contributed by atoms with Crippen LogP contribution in [0.5, 0.6) is 11.5 Å². The number of ether oxygens (including phenoxy) is 2. The van der Waals surface area contributed by atoms with Crippen LogP contribution >= 0.6 is 0 Å². The fraction of sp³-hybridized carbons (Fsp3) is 0.517. The monoisotopic (exact) mass is 574 g/mol.